The Labute approximate surface area is 124 Å². The van der Waals surface area contributed by atoms with Crippen molar-refractivity contribution in [2.45, 2.75) is 25.7 Å². The van der Waals surface area contributed by atoms with Gasteiger partial charge in [-0.2, -0.15) is 0 Å². The predicted octanol–water partition coefficient (Wildman–Crippen LogP) is 1.67. The van der Waals surface area contributed by atoms with E-state index in [1.807, 2.05) is 6.07 Å². The summed E-state index contributed by atoms with van der Waals surface area (Å²) in [6, 6.07) is 10.5. The minimum atomic E-state index is -0.173. The average Bonchev–Trinajstić information content (AvgIpc) is 2.85. The number of hydrogen-bond donors (Lipinski definition) is 1. The molecule has 4 nitrogen and oxygen atoms in total. The van der Waals surface area contributed by atoms with Crippen LogP contribution in [0.2, 0.25) is 0 Å². The Morgan fingerprint density at radius 2 is 1.76 bits per heavy atom. The van der Waals surface area contributed by atoms with E-state index in [1.165, 1.54) is 11.1 Å². The molecule has 0 unspecified atom stereocenters. The first-order chi connectivity index (χ1) is 10.2. The molecule has 0 bridgehead atoms. The van der Waals surface area contributed by atoms with Crippen molar-refractivity contribution in [3.63, 3.8) is 0 Å². The summed E-state index contributed by atoms with van der Waals surface area (Å²) in [5, 5.41) is 2.37. The SMILES string of the molecule is O=C1CC(=C2CCN(CCc3ccccc3)CC2)C(=O)N1. The molecular weight excluding hydrogens is 264 g/mol. The highest BCUT2D eigenvalue weighted by molar-refractivity contribution is 6.13. The summed E-state index contributed by atoms with van der Waals surface area (Å²) in [5.41, 5.74) is 3.26. The van der Waals surface area contributed by atoms with Crippen molar-refractivity contribution in [3.05, 3.63) is 47.0 Å². The fraction of sp³-hybridized carbons (Fsp3) is 0.412. The van der Waals surface area contributed by atoms with E-state index >= 15 is 0 Å². The van der Waals surface area contributed by atoms with Crippen LogP contribution in [-0.4, -0.2) is 36.3 Å². The molecule has 2 fully saturated rings. The lowest BCUT2D eigenvalue weighted by Crippen LogP contribution is -2.33. The van der Waals surface area contributed by atoms with Gasteiger partial charge in [0.1, 0.15) is 0 Å². The lowest BCUT2D eigenvalue weighted by Gasteiger charge is -2.29. The molecule has 1 N–H and O–H groups in total. The summed E-state index contributed by atoms with van der Waals surface area (Å²) in [6.07, 6.45) is 3.15. The maximum Gasteiger partial charge on any atom is 0.254 e. The van der Waals surface area contributed by atoms with Crippen molar-refractivity contribution < 1.29 is 9.59 Å². The number of piperidine rings is 1. The van der Waals surface area contributed by atoms with Gasteiger partial charge in [0.15, 0.2) is 0 Å². The van der Waals surface area contributed by atoms with Gasteiger partial charge in [0.25, 0.3) is 5.91 Å². The minimum Gasteiger partial charge on any atom is -0.302 e. The van der Waals surface area contributed by atoms with E-state index in [4.69, 9.17) is 0 Å². The van der Waals surface area contributed by atoms with Gasteiger partial charge < -0.3 is 4.90 Å². The van der Waals surface area contributed by atoms with Gasteiger partial charge in [-0.3, -0.25) is 14.9 Å². The number of imide groups is 1. The van der Waals surface area contributed by atoms with Crippen LogP contribution in [0, 0.1) is 0 Å². The second kappa shape index (κ2) is 6.22. The van der Waals surface area contributed by atoms with Crippen LogP contribution in [-0.2, 0) is 16.0 Å². The molecule has 0 aromatic heterocycles. The van der Waals surface area contributed by atoms with E-state index in [1.54, 1.807) is 0 Å². The van der Waals surface area contributed by atoms with Crippen LogP contribution in [0.15, 0.2) is 41.5 Å². The van der Waals surface area contributed by atoms with Gasteiger partial charge in [-0.25, -0.2) is 0 Å². The number of carbonyl (C=O) groups excluding carboxylic acids is 2. The van der Waals surface area contributed by atoms with Gasteiger partial charge in [-0.1, -0.05) is 35.9 Å². The topological polar surface area (TPSA) is 49.4 Å². The number of nitrogens with one attached hydrogen (secondary N) is 1. The van der Waals surface area contributed by atoms with Gasteiger partial charge in [0.05, 0.1) is 6.42 Å². The number of carbonyl (C=O) groups is 2. The fourth-order valence-corrected chi connectivity index (χ4v) is 3.05. The zero-order valence-corrected chi connectivity index (χ0v) is 12.1. The van der Waals surface area contributed by atoms with Crippen LogP contribution >= 0.6 is 0 Å². The third-order valence-corrected chi connectivity index (χ3v) is 4.31. The van der Waals surface area contributed by atoms with Crippen LogP contribution in [0.1, 0.15) is 24.8 Å². The summed E-state index contributed by atoms with van der Waals surface area (Å²) in [5.74, 6) is -0.332. The zero-order chi connectivity index (χ0) is 14.7. The van der Waals surface area contributed by atoms with Crippen LogP contribution < -0.4 is 5.32 Å². The zero-order valence-electron chi connectivity index (χ0n) is 12.1. The summed E-state index contributed by atoms with van der Waals surface area (Å²) < 4.78 is 0. The average molecular weight is 284 g/mol. The number of nitrogens with zero attached hydrogens (tertiary/aromatic N) is 1. The Hall–Kier alpha value is -1.94. The van der Waals surface area contributed by atoms with Crippen LogP contribution in [0.25, 0.3) is 0 Å². The summed E-state index contributed by atoms with van der Waals surface area (Å²) in [4.78, 5) is 25.4. The van der Waals surface area contributed by atoms with E-state index in [2.05, 4.69) is 34.5 Å². The molecule has 0 saturated carbocycles. The van der Waals surface area contributed by atoms with Crippen molar-refractivity contribution in [2.24, 2.45) is 0 Å². The lowest BCUT2D eigenvalue weighted by molar-refractivity contribution is -0.124. The van der Waals surface area contributed by atoms with Crippen LogP contribution in [0.3, 0.4) is 0 Å². The molecule has 0 atom stereocenters. The highest BCUT2D eigenvalue weighted by Crippen LogP contribution is 2.24. The summed E-state index contributed by atoms with van der Waals surface area (Å²) >= 11 is 0. The molecule has 2 heterocycles. The second-order valence-corrected chi connectivity index (χ2v) is 5.71. The molecule has 110 valence electrons. The first-order valence-electron chi connectivity index (χ1n) is 7.54. The van der Waals surface area contributed by atoms with E-state index < -0.39 is 0 Å². The summed E-state index contributed by atoms with van der Waals surface area (Å²) in [6.45, 7) is 3.01. The minimum absolute atomic E-state index is 0.158. The van der Waals surface area contributed by atoms with E-state index in [9.17, 15) is 9.59 Å². The van der Waals surface area contributed by atoms with Gasteiger partial charge in [-0.15, -0.1) is 0 Å². The Kier molecular flexibility index (Phi) is 4.15. The first-order valence-corrected chi connectivity index (χ1v) is 7.54. The molecule has 4 heteroatoms. The highest BCUT2D eigenvalue weighted by Gasteiger charge is 2.28. The number of amides is 2. The van der Waals surface area contributed by atoms with Crippen molar-refractivity contribution in [3.8, 4) is 0 Å². The molecule has 0 radical (unpaired) electrons. The van der Waals surface area contributed by atoms with Crippen molar-refractivity contribution in [2.75, 3.05) is 19.6 Å². The Morgan fingerprint density at radius 3 is 2.38 bits per heavy atom. The second-order valence-electron chi connectivity index (χ2n) is 5.71. The van der Waals surface area contributed by atoms with Crippen LogP contribution in [0.5, 0.6) is 0 Å². The molecular formula is C17H20N2O2. The molecule has 2 aliphatic heterocycles. The van der Waals surface area contributed by atoms with Crippen molar-refractivity contribution in [1.29, 1.82) is 0 Å². The Morgan fingerprint density at radius 1 is 1.05 bits per heavy atom. The summed E-state index contributed by atoms with van der Waals surface area (Å²) in [7, 11) is 0. The van der Waals surface area contributed by atoms with Gasteiger partial charge in [-0.05, 0) is 24.8 Å². The van der Waals surface area contributed by atoms with Gasteiger partial charge in [0.2, 0.25) is 5.91 Å². The molecule has 0 aliphatic carbocycles. The van der Waals surface area contributed by atoms with Gasteiger partial charge >= 0.3 is 0 Å². The molecule has 2 aliphatic rings. The maximum absolute atomic E-state index is 11.7. The molecule has 2 saturated heterocycles. The smallest absolute Gasteiger partial charge is 0.254 e. The van der Waals surface area contributed by atoms with Crippen LogP contribution in [0.4, 0.5) is 0 Å². The third kappa shape index (κ3) is 3.39. The molecule has 1 aromatic rings. The predicted molar refractivity (Wildman–Crippen MR) is 80.6 cm³/mol. The number of likely N-dealkylation sites (tertiary alicyclic amines) is 1. The largest absolute Gasteiger partial charge is 0.302 e. The van der Waals surface area contributed by atoms with E-state index in [-0.39, 0.29) is 18.2 Å². The molecule has 3 rings (SSSR count). The Balaban J connectivity index is 1.53. The first kappa shape index (κ1) is 14.0. The molecule has 21 heavy (non-hydrogen) atoms. The third-order valence-electron chi connectivity index (χ3n) is 4.31. The van der Waals surface area contributed by atoms with Crippen molar-refractivity contribution in [1.82, 2.24) is 10.2 Å². The standard InChI is InChI=1S/C17H20N2O2/c20-16-12-15(17(21)18-16)14-7-10-19(11-8-14)9-6-13-4-2-1-3-5-13/h1-5H,6-12H2,(H,18,20,21). The number of rotatable bonds is 3. The quantitative estimate of drug-likeness (QED) is 0.678. The Bertz CT molecular complexity index is 568. The molecule has 2 amide bonds. The normalized spacial score (nSPS) is 20.0. The maximum atomic E-state index is 11.7. The van der Waals surface area contributed by atoms with E-state index in [0.717, 1.165) is 44.5 Å². The van der Waals surface area contributed by atoms with Crippen molar-refractivity contribution >= 4 is 11.8 Å². The van der Waals surface area contributed by atoms with Gasteiger partial charge in [0, 0.05) is 25.2 Å². The molecule has 1 aromatic carbocycles. The number of benzene rings is 1. The van der Waals surface area contributed by atoms with E-state index in [0.29, 0.717) is 0 Å². The highest BCUT2D eigenvalue weighted by atomic mass is 16.2. The fourth-order valence-electron chi connectivity index (χ4n) is 3.05. The lowest BCUT2D eigenvalue weighted by atomic mass is 9.96. The molecule has 0 spiro atoms. The number of hydrogen-bond acceptors (Lipinski definition) is 3. The monoisotopic (exact) mass is 284 g/mol.